The number of thiophene rings is 1. The van der Waals surface area contributed by atoms with Crippen molar-refractivity contribution in [3.8, 4) is 0 Å². The van der Waals surface area contributed by atoms with Crippen molar-refractivity contribution in [2.75, 3.05) is 19.8 Å². The molecule has 1 aliphatic rings. The molecule has 0 amide bonds. The maximum absolute atomic E-state index is 12.2. The fourth-order valence-corrected chi connectivity index (χ4v) is 5.50. The zero-order chi connectivity index (χ0) is 13.9. The van der Waals surface area contributed by atoms with Crippen molar-refractivity contribution < 1.29 is 8.42 Å². The lowest BCUT2D eigenvalue weighted by Gasteiger charge is -2.40. The van der Waals surface area contributed by atoms with Gasteiger partial charge in [-0.3, -0.25) is 0 Å². The van der Waals surface area contributed by atoms with Crippen molar-refractivity contribution in [1.82, 2.24) is 10.0 Å². The van der Waals surface area contributed by atoms with Gasteiger partial charge in [0.05, 0.1) is 0 Å². The quantitative estimate of drug-likeness (QED) is 0.807. The Balaban J connectivity index is 2.01. The summed E-state index contributed by atoms with van der Waals surface area (Å²) in [6, 6.07) is 1.75. The van der Waals surface area contributed by atoms with Crippen molar-refractivity contribution >= 4 is 33.1 Å². The van der Waals surface area contributed by atoms with Crippen molar-refractivity contribution in [2.24, 2.45) is 0 Å². The van der Waals surface area contributed by atoms with Crippen LogP contribution in [-0.4, -0.2) is 33.0 Å². The van der Waals surface area contributed by atoms with Gasteiger partial charge >= 0.3 is 0 Å². The van der Waals surface area contributed by atoms with E-state index in [1.807, 2.05) is 12.4 Å². The molecule has 0 aliphatic heterocycles. The van der Waals surface area contributed by atoms with Crippen LogP contribution in [0.2, 0.25) is 0 Å². The fraction of sp³-hybridized carbons (Fsp3) is 0.667. The van der Waals surface area contributed by atoms with Crippen LogP contribution in [0.5, 0.6) is 0 Å². The Hall–Kier alpha value is -0.0800. The Kier molecular flexibility index (Phi) is 4.94. The molecule has 1 saturated carbocycles. The molecule has 1 aromatic heterocycles. The van der Waals surface area contributed by atoms with Crippen LogP contribution in [0.25, 0.3) is 0 Å². The van der Waals surface area contributed by atoms with Crippen LogP contribution in [0.1, 0.15) is 24.8 Å². The standard InChI is InChI=1S/C12H20N2O2S3/c1-13-7-10-6-11(18-8-10)19(15,16)14-9-12(17-2)4-3-5-12/h6,8,13-14H,3-5,7,9H2,1-2H3. The van der Waals surface area contributed by atoms with Crippen LogP contribution in [0, 0.1) is 0 Å². The summed E-state index contributed by atoms with van der Waals surface area (Å²) in [6.45, 7) is 1.23. The number of hydrogen-bond acceptors (Lipinski definition) is 5. The number of sulfonamides is 1. The van der Waals surface area contributed by atoms with E-state index >= 15 is 0 Å². The molecule has 0 bridgehead atoms. The van der Waals surface area contributed by atoms with Gasteiger partial charge in [-0.25, -0.2) is 13.1 Å². The fourth-order valence-electron chi connectivity index (χ4n) is 2.11. The summed E-state index contributed by atoms with van der Waals surface area (Å²) < 4.78 is 27.7. The summed E-state index contributed by atoms with van der Waals surface area (Å²) in [7, 11) is -1.50. The molecule has 0 aromatic carbocycles. The van der Waals surface area contributed by atoms with Crippen LogP contribution in [0.3, 0.4) is 0 Å². The average Bonchev–Trinajstić information content (AvgIpc) is 2.78. The van der Waals surface area contributed by atoms with E-state index in [-0.39, 0.29) is 4.75 Å². The van der Waals surface area contributed by atoms with Gasteiger partial charge < -0.3 is 5.32 Å². The van der Waals surface area contributed by atoms with E-state index in [1.165, 1.54) is 17.8 Å². The van der Waals surface area contributed by atoms with E-state index < -0.39 is 10.0 Å². The molecule has 7 heteroatoms. The topological polar surface area (TPSA) is 58.2 Å². The van der Waals surface area contributed by atoms with Gasteiger partial charge in [-0.05, 0) is 43.2 Å². The Morgan fingerprint density at radius 1 is 1.47 bits per heavy atom. The first kappa shape index (κ1) is 15.3. The van der Waals surface area contributed by atoms with Crippen molar-refractivity contribution in [1.29, 1.82) is 0 Å². The first-order valence-electron chi connectivity index (χ1n) is 6.28. The summed E-state index contributed by atoms with van der Waals surface area (Å²) in [5, 5.41) is 4.91. The third kappa shape index (κ3) is 3.52. The molecule has 0 unspecified atom stereocenters. The lowest BCUT2D eigenvalue weighted by atomic mass is 9.84. The van der Waals surface area contributed by atoms with Gasteiger partial charge in [0, 0.05) is 17.8 Å². The van der Waals surface area contributed by atoms with E-state index in [9.17, 15) is 8.42 Å². The summed E-state index contributed by atoms with van der Waals surface area (Å²) in [5.41, 5.74) is 1.01. The van der Waals surface area contributed by atoms with Crippen molar-refractivity contribution in [3.63, 3.8) is 0 Å². The van der Waals surface area contributed by atoms with Gasteiger partial charge in [-0.1, -0.05) is 6.42 Å². The molecule has 0 radical (unpaired) electrons. The molecule has 0 saturated heterocycles. The molecule has 108 valence electrons. The van der Waals surface area contributed by atoms with Crippen LogP contribution in [0.15, 0.2) is 15.7 Å². The lowest BCUT2D eigenvalue weighted by molar-refractivity contribution is 0.362. The molecule has 2 rings (SSSR count). The molecular weight excluding hydrogens is 300 g/mol. The largest absolute Gasteiger partial charge is 0.316 e. The number of thioether (sulfide) groups is 1. The van der Waals surface area contributed by atoms with Crippen LogP contribution in [0.4, 0.5) is 0 Å². The molecule has 0 atom stereocenters. The Morgan fingerprint density at radius 3 is 2.74 bits per heavy atom. The van der Waals surface area contributed by atoms with E-state index in [1.54, 1.807) is 17.8 Å². The van der Waals surface area contributed by atoms with Crippen LogP contribution < -0.4 is 10.0 Å². The van der Waals surface area contributed by atoms with E-state index in [0.29, 0.717) is 17.3 Å². The molecule has 19 heavy (non-hydrogen) atoms. The molecular formula is C12H20N2O2S3. The summed E-state index contributed by atoms with van der Waals surface area (Å²) >= 11 is 3.06. The third-order valence-electron chi connectivity index (χ3n) is 3.56. The summed E-state index contributed by atoms with van der Waals surface area (Å²) in [6.07, 6.45) is 5.47. The maximum atomic E-state index is 12.2. The third-order valence-corrected chi connectivity index (χ3v) is 7.87. The maximum Gasteiger partial charge on any atom is 0.250 e. The first-order chi connectivity index (χ1) is 9.01. The minimum Gasteiger partial charge on any atom is -0.316 e. The van der Waals surface area contributed by atoms with Crippen molar-refractivity contribution in [3.05, 3.63) is 17.0 Å². The zero-order valence-corrected chi connectivity index (χ0v) is 13.7. The zero-order valence-electron chi connectivity index (χ0n) is 11.2. The summed E-state index contributed by atoms with van der Waals surface area (Å²) in [5.74, 6) is 0. The first-order valence-corrected chi connectivity index (χ1v) is 9.87. The molecule has 2 N–H and O–H groups in total. The minimum atomic E-state index is -3.35. The molecule has 1 aromatic rings. The lowest BCUT2D eigenvalue weighted by Crippen LogP contribution is -2.45. The smallest absolute Gasteiger partial charge is 0.250 e. The SMILES string of the molecule is CNCc1csc(S(=O)(=O)NCC2(SC)CCC2)c1. The number of nitrogens with one attached hydrogen (secondary N) is 2. The van der Waals surface area contributed by atoms with E-state index in [4.69, 9.17) is 0 Å². The number of hydrogen-bond donors (Lipinski definition) is 2. The van der Waals surface area contributed by atoms with Gasteiger partial charge in [0.1, 0.15) is 4.21 Å². The summed E-state index contributed by atoms with van der Waals surface area (Å²) in [4.78, 5) is 0. The monoisotopic (exact) mass is 320 g/mol. The predicted molar refractivity (Wildman–Crippen MR) is 82.4 cm³/mol. The van der Waals surface area contributed by atoms with Gasteiger partial charge in [0.15, 0.2) is 0 Å². The normalized spacial score (nSPS) is 18.2. The van der Waals surface area contributed by atoms with Gasteiger partial charge in [-0.2, -0.15) is 11.8 Å². The van der Waals surface area contributed by atoms with E-state index in [2.05, 4.69) is 16.3 Å². The highest BCUT2D eigenvalue weighted by atomic mass is 32.2. The average molecular weight is 321 g/mol. The van der Waals surface area contributed by atoms with Crippen LogP contribution >= 0.6 is 23.1 Å². The predicted octanol–water partition coefficient (Wildman–Crippen LogP) is 2.03. The Bertz CT molecular complexity index is 515. The highest BCUT2D eigenvalue weighted by Gasteiger charge is 2.37. The van der Waals surface area contributed by atoms with Crippen molar-refractivity contribution in [2.45, 2.75) is 34.8 Å². The Morgan fingerprint density at radius 2 is 2.21 bits per heavy atom. The molecule has 1 aliphatic carbocycles. The molecule has 1 fully saturated rings. The minimum absolute atomic E-state index is 0.123. The number of rotatable bonds is 7. The molecule has 1 heterocycles. The second-order valence-electron chi connectivity index (χ2n) is 4.87. The highest BCUT2D eigenvalue weighted by molar-refractivity contribution is 8.00. The second kappa shape index (κ2) is 6.13. The van der Waals surface area contributed by atoms with Crippen LogP contribution in [-0.2, 0) is 16.6 Å². The highest BCUT2D eigenvalue weighted by Crippen LogP contribution is 2.42. The second-order valence-corrected chi connectivity index (χ2v) is 9.05. The molecule has 4 nitrogen and oxygen atoms in total. The van der Waals surface area contributed by atoms with Gasteiger partial charge in [0.25, 0.3) is 0 Å². The van der Waals surface area contributed by atoms with E-state index in [0.717, 1.165) is 18.4 Å². The molecule has 0 spiro atoms. The van der Waals surface area contributed by atoms with Gasteiger partial charge in [-0.15, -0.1) is 11.3 Å². The Labute approximate surface area is 123 Å². The van der Waals surface area contributed by atoms with Gasteiger partial charge in [0.2, 0.25) is 10.0 Å².